The summed E-state index contributed by atoms with van der Waals surface area (Å²) in [4.78, 5) is 11.0. The minimum atomic E-state index is -0.539. The highest BCUT2D eigenvalue weighted by Gasteiger charge is 2.06. The highest BCUT2D eigenvalue weighted by molar-refractivity contribution is 6.32. The lowest BCUT2D eigenvalue weighted by Gasteiger charge is -1.97. The second-order valence-electron chi connectivity index (χ2n) is 2.19. The maximum absolute atomic E-state index is 12.6. The first-order valence-corrected chi connectivity index (χ1v) is 4.10. The number of rotatable bonds is 2. The molecule has 0 aliphatic rings. The molecule has 1 rings (SSSR count). The lowest BCUT2D eigenvalue weighted by atomic mass is 10.1. The summed E-state index contributed by atoms with van der Waals surface area (Å²) in [5.74, 6) is -0.927. The van der Waals surface area contributed by atoms with Gasteiger partial charge in [0.25, 0.3) is 0 Å². The van der Waals surface area contributed by atoms with Crippen LogP contribution in [0.25, 0.3) is 0 Å². The summed E-state index contributed by atoms with van der Waals surface area (Å²) in [6, 6.07) is 3.76. The zero-order valence-corrected chi connectivity index (χ0v) is 7.49. The molecule has 0 saturated carbocycles. The number of hydrogen-bond donors (Lipinski definition) is 0. The Labute approximate surface area is 79.1 Å². The van der Waals surface area contributed by atoms with Crippen LogP contribution in [0.15, 0.2) is 18.2 Å². The third-order valence-corrected chi connectivity index (χ3v) is 1.90. The highest BCUT2D eigenvalue weighted by Crippen LogP contribution is 2.16. The minimum absolute atomic E-state index is 0.0639. The van der Waals surface area contributed by atoms with Crippen LogP contribution in [-0.2, 0) is 0 Å². The van der Waals surface area contributed by atoms with Gasteiger partial charge >= 0.3 is 0 Å². The van der Waals surface area contributed by atoms with Gasteiger partial charge in [-0.05, 0) is 18.2 Å². The number of hydrogen-bond acceptors (Lipinski definition) is 1. The van der Waals surface area contributed by atoms with Crippen molar-refractivity contribution in [1.29, 1.82) is 0 Å². The van der Waals surface area contributed by atoms with Crippen molar-refractivity contribution in [2.75, 3.05) is 5.88 Å². The molecule has 0 amide bonds. The molecular weight excluding hydrogens is 202 g/mol. The summed E-state index contributed by atoms with van der Waals surface area (Å²) < 4.78 is 12.6. The molecule has 0 fully saturated rings. The molecule has 64 valence electrons. The Balaban J connectivity index is 3.05. The highest BCUT2D eigenvalue weighted by atomic mass is 35.5. The van der Waals surface area contributed by atoms with Crippen molar-refractivity contribution in [2.45, 2.75) is 0 Å². The molecule has 1 nitrogen and oxygen atoms in total. The zero-order valence-electron chi connectivity index (χ0n) is 5.98. The van der Waals surface area contributed by atoms with E-state index in [-0.39, 0.29) is 16.7 Å². The number of carbonyl (C=O) groups is 1. The smallest absolute Gasteiger partial charge is 0.177 e. The summed E-state index contributed by atoms with van der Waals surface area (Å²) in [5.41, 5.74) is 0.330. The molecule has 0 aliphatic carbocycles. The lowest BCUT2D eigenvalue weighted by molar-refractivity contribution is 0.102. The van der Waals surface area contributed by atoms with Crippen molar-refractivity contribution in [3.63, 3.8) is 0 Å². The van der Waals surface area contributed by atoms with Crippen LogP contribution in [0.1, 0.15) is 10.4 Å². The average molecular weight is 207 g/mol. The van der Waals surface area contributed by atoms with E-state index in [0.717, 1.165) is 6.07 Å². The molecule has 0 atom stereocenters. The van der Waals surface area contributed by atoms with Gasteiger partial charge in [0.2, 0.25) is 0 Å². The van der Waals surface area contributed by atoms with Crippen LogP contribution in [0.3, 0.4) is 0 Å². The Kier molecular flexibility index (Phi) is 3.06. The van der Waals surface area contributed by atoms with Crippen LogP contribution < -0.4 is 0 Å². The Bertz CT molecular complexity index is 312. The van der Waals surface area contributed by atoms with Crippen LogP contribution in [0, 0.1) is 5.82 Å². The molecule has 0 heterocycles. The monoisotopic (exact) mass is 206 g/mol. The van der Waals surface area contributed by atoms with E-state index in [2.05, 4.69) is 0 Å². The summed E-state index contributed by atoms with van der Waals surface area (Å²) in [6.45, 7) is 0. The normalized spacial score (nSPS) is 9.92. The quantitative estimate of drug-likeness (QED) is 0.538. The molecule has 0 spiro atoms. The van der Waals surface area contributed by atoms with Crippen molar-refractivity contribution in [3.8, 4) is 0 Å². The summed E-state index contributed by atoms with van der Waals surface area (Å²) in [5, 5.41) is -0.0639. The van der Waals surface area contributed by atoms with Crippen LogP contribution >= 0.6 is 23.2 Å². The van der Waals surface area contributed by atoms with Crippen LogP contribution in [0.2, 0.25) is 5.02 Å². The predicted molar refractivity (Wildman–Crippen MR) is 46.5 cm³/mol. The molecule has 0 N–H and O–H groups in total. The van der Waals surface area contributed by atoms with Gasteiger partial charge in [-0.2, -0.15) is 0 Å². The number of carbonyl (C=O) groups excluding carboxylic acids is 1. The summed E-state index contributed by atoms with van der Waals surface area (Å²) in [6.07, 6.45) is 0. The van der Waals surface area contributed by atoms with Crippen molar-refractivity contribution in [2.24, 2.45) is 0 Å². The van der Waals surface area contributed by atoms with Gasteiger partial charge in [-0.1, -0.05) is 11.6 Å². The first-order valence-electron chi connectivity index (χ1n) is 3.19. The molecule has 1 aromatic rings. The average Bonchev–Trinajstić information content (AvgIpc) is 2.08. The molecule has 4 heteroatoms. The van der Waals surface area contributed by atoms with E-state index in [0.29, 0.717) is 5.56 Å². The zero-order chi connectivity index (χ0) is 9.14. The minimum Gasteiger partial charge on any atom is -0.293 e. The fraction of sp³-hybridized carbons (Fsp3) is 0.125. The van der Waals surface area contributed by atoms with Gasteiger partial charge in [0.05, 0.1) is 10.9 Å². The van der Waals surface area contributed by atoms with Gasteiger partial charge in [-0.25, -0.2) is 4.39 Å². The first kappa shape index (κ1) is 9.49. The number of ketones is 1. The van der Waals surface area contributed by atoms with E-state index < -0.39 is 5.82 Å². The Hall–Kier alpha value is -0.600. The molecule has 12 heavy (non-hydrogen) atoms. The van der Waals surface area contributed by atoms with Crippen molar-refractivity contribution in [3.05, 3.63) is 34.6 Å². The van der Waals surface area contributed by atoms with Gasteiger partial charge in [-0.3, -0.25) is 4.79 Å². The third-order valence-electron chi connectivity index (χ3n) is 1.36. The topological polar surface area (TPSA) is 17.1 Å². The Morgan fingerprint density at radius 1 is 1.50 bits per heavy atom. The maximum atomic E-state index is 12.6. The van der Waals surface area contributed by atoms with E-state index in [4.69, 9.17) is 23.2 Å². The van der Waals surface area contributed by atoms with Crippen molar-refractivity contribution < 1.29 is 9.18 Å². The number of halogens is 3. The van der Waals surface area contributed by atoms with Gasteiger partial charge in [-0.15, -0.1) is 11.6 Å². The van der Waals surface area contributed by atoms with Gasteiger partial charge < -0.3 is 0 Å². The number of Topliss-reactive ketones (excluding diaryl/α,β-unsaturated/α-hetero) is 1. The molecule has 0 aromatic heterocycles. The van der Waals surface area contributed by atoms with E-state index in [9.17, 15) is 9.18 Å². The largest absolute Gasteiger partial charge is 0.293 e. The Morgan fingerprint density at radius 2 is 2.17 bits per heavy atom. The maximum Gasteiger partial charge on any atom is 0.177 e. The van der Waals surface area contributed by atoms with E-state index in [1.807, 2.05) is 0 Å². The second kappa shape index (κ2) is 3.87. The van der Waals surface area contributed by atoms with Gasteiger partial charge in [0.15, 0.2) is 5.78 Å². The predicted octanol–water partition coefficient (Wildman–Crippen LogP) is 2.90. The van der Waals surface area contributed by atoms with E-state index in [1.54, 1.807) is 0 Å². The summed E-state index contributed by atoms with van der Waals surface area (Å²) in [7, 11) is 0. The molecule has 0 radical (unpaired) electrons. The van der Waals surface area contributed by atoms with E-state index >= 15 is 0 Å². The van der Waals surface area contributed by atoms with Crippen LogP contribution in [0.4, 0.5) is 4.39 Å². The molecule has 0 saturated heterocycles. The molecule has 0 bridgehead atoms. The first-order chi connectivity index (χ1) is 5.65. The second-order valence-corrected chi connectivity index (χ2v) is 2.86. The Morgan fingerprint density at radius 3 is 2.67 bits per heavy atom. The fourth-order valence-electron chi connectivity index (χ4n) is 0.747. The summed E-state index contributed by atoms with van der Waals surface area (Å²) >= 11 is 10.7. The van der Waals surface area contributed by atoms with Gasteiger partial charge in [0.1, 0.15) is 5.82 Å². The van der Waals surface area contributed by atoms with E-state index in [1.165, 1.54) is 12.1 Å². The molecule has 0 aliphatic heterocycles. The molecule has 0 unspecified atom stereocenters. The van der Waals surface area contributed by atoms with Crippen molar-refractivity contribution >= 4 is 29.0 Å². The van der Waals surface area contributed by atoms with Gasteiger partial charge in [0, 0.05) is 5.56 Å². The van der Waals surface area contributed by atoms with Crippen LogP contribution in [-0.4, -0.2) is 11.7 Å². The molecular formula is C8H5Cl2FO. The van der Waals surface area contributed by atoms with Crippen LogP contribution in [0.5, 0.6) is 0 Å². The standard InChI is InChI=1S/C8H5Cl2FO/c9-4-8(12)5-1-2-7(11)6(10)3-5/h1-3H,4H2. The van der Waals surface area contributed by atoms with Crippen molar-refractivity contribution in [1.82, 2.24) is 0 Å². The molecule has 1 aromatic carbocycles. The fourth-order valence-corrected chi connectivity index (χ4v) is 1.08. The number of alkyl halides is 1. The SMILES string of the molecule is O=C(CCl)c1ccc(F)c(Cl)c1. The lowest BCUT2D eigenvalue weighted by Crippen LogP contribution is -2.00. The third kappa shape index (κ3) is 1.96. The number of benzene rings is 1.